The van der Waals surface area contributed by atoms with Gasteiger partial charge in [-0.3, -0.25) is 14.9 Å². The number of aromatic nitrogens is 3. The molecule has 0 fully saturated rings. The van der Waals surface area contributed by atoms with E-state index in [0.29, 0.717) is 22.2 Å². The van der Waals surface area contributed by atoms with Crippen molar-refractivity contribution in [2.24, 2.45) is 0 Å². The highest BCUT2D eigenvalue weighted by molar-refractivity contribution is 6.03. The van der Waals surface area contributed by atoms with Crippen molar-refractivity contribution in [1.82, 2.24) is 14.8 Å². The Morgan fingerprint density at radius 1 is 1.17 bits per heavy atom. The van der Waals surface area contributed by atoms with E-state index in [1.54, 1.807) is 37.4 Å². The quantitative estimate of drug-likeness (QED) is 0.619. The van der Waals surface area contributed by atoms with Crippen LogP contribution in [-0.2, 0) is 0 Å². The van der Waals surface area contributed by atoms with Crippen LogP contribution in [0.15, 0.2) is 53.5 Å². The third kappa shape index (κ3) is 1.99. The van der Waals surface area contributed by atoms with E-state index in [9.17, 15) is 9.18 Å². The Morgan fingerprint density at radius 3 is 2.78 bits per heavy atom. The number of nitrogens with zero attached hydrogens (tertiary/aromatic N) is 2. The summed E-state index contributed by atoms with van der Waals surface area (Å²) in [6, 6.07) is 11.5. The third-order valence-corrected chi connectivity index (χ3v) is 3.83. The molecule has 0 aliphatic heterocycles. The summed E-state index contributed by atoms with van der Waals surface area (Å²) >= 11 is 0. The minimum atomic E-state index is -0.472. The van der Waals surface area contributed by atoms with Crippen LogP contribution in [0, 0.1) is 5.82 Å². The number of nitrogens with one attached hydrogen (secondary N) is 1. The molecule has 0 spiro atoms. The van der Waals surface area contributed by atoms with Crippen molar-refractivity contribution < 1.29 is 9.13 Å². The summed E-state index contributed by atoms with van der Waals surface area (Å²) in [6.45, 7) is 0. The largest absolute Gasteiger partial charge is 0.497 e. The molecular weight excluding hydrogens is 297 g/mol. The van der Waals surface area contributed by atoms with Gasteiger partial charge in [-0.05, 0) is 24.3 Å². The number of pyridine rings is 1. The zero-order chi connectivity index (χ0) is 16.0. The molecule has 0 aliphatic rings. The zero-order valence-electron chi connectivity index (χ0n) is 12.2. The van der Waals surface area contributed by atoms with Crippen molar-refractivity contribution >= 4 is 21.8 Å². The van der Waals surface area contributed by atoms with Gasteiger partial charge in [-0.2, -0.15) is 0 Å². The SMILES string of the molecule is COc1ccc2c(c1)ncc1c(=O)n(-c3ccccc3F)[nH]c12. The van der Waals surface area contributed by atoms with Crippen LogP contribution in [0.25, 0.3) is 27.5 Å². The average molecular weight is 309 g/mol. The molecule has 114 valence electrons. The maximum atomic E-state index is 14.0. The van der Waals surface area contributed by atoms with Crippen molar-refractivity contribution in [2.45, 2.75) is 0 Å². The number of fused-ring (bicyclic) bond motifs is 3. The highest BCUT2D eigenvalue weighted by Gasteiger charge is 2.14. The topological polar surface area (TPSA) is 59.9 Å². The van der Waals surface area contributed by atoms with Crippen LogP contribution in [-0.4, -0.2) is 21.9 Å². The molecule has 4 rings (SSSR count). The Morgan fingerprint density at radius 2 is 2.00 bits per heavy atom. The first-order chi connectivity index (χ1) is 11.2. The Bertz CT molecular complexity index is 1100. The van der Waals surface area contributed by atoms with Crippen LogP contribution in [0.5, 0.6) is 5.75 Å². The van der Waals surface area contributed by atoms with Gasteiger partial charge in [-0.25, -0.2) is 9.07 Å². The minimum absolute atomic E-state index is 0.176. The minimum Gasteiger partial charge on any atom is -0.497 e. The second kappa shape index (κ2) is 4.95. The fourth-order valence-corrected chi connectivity index (χ4v) is 2.67. The molecule has 1 N–H and O–H groups in total. The summed E-state index contributed by atoms with van der Waals surface area (Å²) in [5.41, 5.74) is 1.15. The monoisotopic (exact) mass is 309 g/mol. The summed E-state index contributed by atoms with van der Waals surface area (Å²) < 4.78 is 20.4. The first-order valence-electron chi connectivity index (χ1n) is 7.01. The van der Waals surface area contributed by atoms with Crippen LogP contribution in [0.3, 0.4) is 0 Å². The molecule has 2 heterocycles. The second-order valence-electron chi connectivity index (χ2n) is 5.13. The summed E-state index contributed by atoms with van der Waals surface area (Å²) in [4.78, 5) is 16.8. The molecule has 23 heavy (non-hydrogen) atoms. The van der Waals surface area contributed by atoms with E-state index in [1.807, 2.05) is 6.07 Å². The maximum absolute atomic E-state index is 14.0. The number of H-pyrrole nitrogens is 1. The van der Waals surface area contributed by atoms with Crippen molar-refractivity contribution in [3.05, 3.63) is 64.8 Å². The van der Waals surface area contributed by atoms with Crippen molar-refractivity contribution in [3.63, 3.8) is 0 Å². The van der Waals surface area contributed by atoms with E-state index in [2.05, 4.69) is 10.1 Å². The van der Waals surface area contributed by atoms with E-state index in [-0.39, 0.29) is 11.2 Å². The van der Waals surface area contributed by atoms with Crippen LogP contribution < -0.4 is 10.3 Å². The summed E-state index contributed by atoms with van der Waals surface area (Å²) in [5.74, 6) is 0.209. The molecule has 5 nitrogen and oxygen atoms in total. The summed E-state index contributed by atoms with van der Waals surface area (Å²) in [6.07, 6.45) is 1.49. The van der Waals surface area contributed by atoms with E-state index in [0.717, 1.165) is 5.39 Å². The molecule has 0 aliphatic carbocycles. The molecule has 0 saturated heterocycles. The van der Waals surface area contributed by atoms with Crippen molar-refractivity contribution in [1.29, 1.82) is 0 Å². The lowest BCUT2D eigenvalue weighted by atomic mass is 10.1. The summed E-state index contributed by atoms with van der Waals surface area (Å²) in [5, 5.41) is 4.17. The lowest BCUT2D eigenvalue weighted by molar-refractivity contribution is 0.415. The van der Waals surface area contributed by atoms with Crippen molar-refractivity contribution in [2.75, 3.05) is 7.11 Å². The number of rotatable bonds is 2. The first-order valence-corrected chi connectivity index (χ1v) is 7.01. The van der Waals surface area contributed by atoms with Crippen LogP contribution >= 0.6 is 0 Å². The Kier molecular flexibility index (Phi) is 2.90. The Hall–Kier alpha value is -3.15. The maximum Gasteiger partial charge on any atom is 0.280 e. The number of methoxy groups -OCH3 is 1. The van der Waals surface area contributed by atoms with Gasteiger partial charge in [0.1, 0.15) is 17.3 Å². The van der Waals surface area contributed by atoms with Crippen LogP contribution in [0.1, 0.15) is 0 Å². The standard InChI is InChI=1S/C17H12FN3O2/c1-23-10-6-7-11-14(8-10)19-9-12-16(11)20-21(17(12)22)15-5-3-2-4-13(15)18/h2-9,20H,1H3. The van der Waals surface area contributed by atoms with Gasteiger partial charge in [0, 0.05) is 17.6 Å². The predicted octanol–water partition coefficient (Wildman–Crippen LogP) is 3.01. The smallest absolute Gasteiger partial charge is 0.280 e. The lowest BCUT2D eigenvalue weighted by Gasteiger charge is -2.03. The van der Waals surface area contributed by atoms with Gasteiger partial charge in [-0.1, -0.05) is 12.1 Å². The highest BCUT2D eigenvalue weighted by Crippen LogP contribution is 2.24. The molecule has 0 radical (unpaired) electrons. The second-order valence-corrected chi connectivity index (χ2v) is 5.13. The lowest BCUT2D eigenvalue weighted by Crippen LogP contribution is -2.15. The van der Waals surface area contributed by atoms with Gasteiger partial charge in [-0.15, -0.1) is 0 Å². The Balaban J connectivity index is 2.06. The zero-order valence-corrected chi connectivity index (χ0v) is 12.2. The number of halogens is 1. The first kappa shape index (κ1) is 13.5. The van der Waals surface area contributed by atoms with E-state index < -0.39 is 5.82 Å². The molecule has 0 bridgehead atoms. The number of hydrogen-bond acceptors (Lipinski definition) is 3. The number of para-hydroxylation sites is 1. The number of hydrogen-bond donors (Lipinski definition) is 1. The van der Waals surface area contributed by atoms with E-state index in [1.165, 1.54) is 16.9 Å². The van der Waals surface area contributed by atoms with E-state index >= 15 is 0 Å². The van der Waals surface area contributed by atoms with E-state index in [4.69, 9.17) is 4.74 Å². The number of benzene rings is 2. The molecule has 6 heteroatoms. The fraction of sp³-hybridized carbons (Fsp3) is 0.0588. The third-order valence-electron chi connectivity index (χ3n) is 3.83. The van der Waals surface area contributed by atoms with Crippen molar-refractivity contribution in [3.8, 4) is 11.4 Å². The van der Waals surface area contributed by atoms with Gasteiger partial charge in [0.15, 0.2) is 0 Å². The van der Waals surface area contributed by atoms with Gasteiger partial charge < -0.3 is 4.74 Å². The molecule has 2 aromatic heterocycles. The van der Waals surface area contributed by atoms with Gasteiger partial charge in [0.25, 0.3) is 5.56 Å². The molecule has 2 aromatic carbocycles. The van der Waals surface area contributed by atoms with Crippen LogP contribution in [0.2, 0.25) is 0 Å². The Labute approximate surface area is 129 Å². The predicted molar refractivity (Wildman–Crippen MR) is 85.7 cm³/mol. The molecule has 0 unspecified atom stereocenters. The van der Waals surface area contributed by atoms with Crippen LogP contribution in [0.4, 0.5) is 4.39 Å². The number of aromatic amines is 1. The summed E-state index contributed by atoms with van der Waals surface area (Å²) in [7, 11) is 1.58. The normalized spacial score (nSPS) is 11.2. The molecule has 4 aromatic rings. The van der Waals surface area contributed by atoms with Gasteiger partial charge in [0.2, 0.25) is 0 Å². The molecular formula is C17H12FN3O2. The van der Waals surface area contributed by atoms with Gasteiger partial charge >= 0.3 is 0 Å². The number of ether oxygens (including phenoxy) is 1. The molecule has 0 amide bonds. The average Bonchev–Trinajstić information content (AvgIpc) is 2.92. The highest BCUT2D eigenvalue weighted by atomic mass is 19.1. The molecule has 0 saturated carbocycles. The van der Waals surface area contributed by atoms with Gasteiger partial charge in [0.05, 0.1) is 23.5 Å². The fourth-order valence-electron chi connectivity index (χ4n) is 2.67. The molecule has 0 atom stereocenters.